The van der Waals surface area contributed by atoms with Crippen LogP contribution in [-0.4, -0.2) is 40.4 Å². The van der Waals surface area contributed by atoms with Crippen LogP contribution in [0.3, 0.4) is 0 Å². The Morgan fingerprint density at radius 2 is 2.00 bits per heavy atom. The standard InChI is InChI=1S/C17H20ClN3O3/c18-12-6-4-11(5-7-12)17(8-9-17)10-20-16(24)21-13(15(22)23)2-1-3-14(21)19/h4-7,13,19H,1-3,8-10H2,(H,20,24)(H,22,23). The van der Waals surface area contributed by atoms with E-state index in [0.717, 1.165) is 23.3 Å². The third-order valence-corrected chi connectivity index (χ3v) is 5.14. The molecule has 1 aromatic rings. The van der Waals surface area contributed by atoms with Gasteiger partial charge in [0.05, 0.1) is 0 Å². The lowest BCUT2D eigenvalue weighted by Crippen LogP contribution is -2.55. The van der Waals surface area contributed by atoms with Crippen molar-refractivity contribution in [2.75, 3.05) is 6.54 Å². The molecule has 0 bridgehead atoms. The molecule has 1 saturated carbocycles. The minimum atomic E-state index is -1.06. The number of benzene rings is 1. The Hall–Kier alpha value is -2.08. The fourth-order valence-electron chi connectivity index (χ4n) is 3.25. The van der Waals surface area contributed by atoms with Crippen molar-refractivity contribution in [1.82, 2.24) is 10.2 Å². The number of nitrogens with zero attached hydrogens (tertiary/aromatic N) is 1. The van der Waals surface area contributed by atoms with Gasteiger partial charge in [0.15, 0.2) is 0 Å². The Labute approximate surface area is 145 Å². The molecule has 0 radical (unpaired) electrons. The summed E-state index contributed by atoms with van der Waals surface area (Å²) in [5, 5.41) is 20.7. The summed E-state index contributed by atoms with van der Waals surface area (Å²) in [5.41, 5.74) is 1.02. The average molecular weight is 350 g/mol. The third-order valence-electron chi connectivity index (χ3n) is 4.89. The van der Waals surface area contributed by atoms with E-state index in [-0.39, 0.29) is 11.3 Å². The number of urea groups is 1. The summed E-state index contributed by atoms with van der Waals surface area (Å²) in [6, 6.07) is 6.15. The van der Waals surface area contributed by atoms with Gasteiger partial charge in [-0.2, -0.15) is 0 Å². The molecule has 0 spiro atoms. The van der Waals surface area contributed by atoms with E-state index >= 15 is 0 Å². The molecule has 1 heterocycles. The molecule has 1 unspecified atom stereocenters. The van der Waals surface area contributed by atoms with Crippen LogP contribution in [0, 0.1) is 5.41 Å². The predicted octanol–water partition coefficient (Wildman–Crippen LogP) is 3.00. The Morgan fingerprint density at radius 3 is 2.58 bits per heavy atom. The fourth-order valence-corrected chi connectivity index (χ4v) is 3.38. The zero-order valence-electron chi connectivity index (χ0n) is 13.2. The molecule has 2 aliphatic rings. The summed E-state index contributed by atoms with van der Waals surface area (Å²) in [6.07, 6.45) is 3.37. The lowest BCUT2D eigenvalue weighted by molar-refractivity contribution is -0.141. The Kier molecular flexibility index (Phi) is 4.49. The second-order valence-corrected chi connectivity index (χ2v) is 6.95. The molecule has 1 aliphatic carbocycles. The number of carbonyl (C=O) groups is 2. The Bertz CT molecular complexity index is 670. The Balaban J connectivity index is 1.67. The van der Waals surface area contributed by atoms with Crippen LogP contribution in [0.2, 0.25) is 5.02 Å². The molecule has 6 nitrogen and oxygen atoms in total. The second-order valence-electron chi connectivity index (χ2n) is 6.51. The van der Waals surface area contributed by atoms with Gasteiger partial charge < -0.3 is 10.4 Å². The van der Waals surface area contributed by atoms with E-state index in [9.17, 15) is 14.7 Å². The van der Waals surface area contributed by atoms with Crippen molar-refractivity contribution >= 4 is 29.4 Å². The molecule has 3 rings (SSSR count). The van der Waals surface area contributed by atoms with E-state index in [2.05, 4.69) is 5.32 Å². The summed E-state index contributed by atoms with van der Waals surface area (Å²) in [5.74, 6) is -0.990. The highest BCUT2D eigenvalue weighted by Gasteiger charge is 2.45. The van der Waals surface area contributed by atoms with Gasteiger partial charge in [-0.25, -0.2) is 9.59 Å². The lowest BCUT2D eigenvalue weighted by Gasteiger charge is -2.33. The van der Waals surface area contributed by atoms with Gasteiger partial charge in [-0.15, -0.1) is 0 Å². The van der Waals surface area contributed by atoms with Gasteiger partial charge in [0.2, 0.25) is 0 Å². The quantitative estimate of drug-likeness (QED) is 0.780. The molecule has 24 heavy (non-hydrogen) atoms. The highest BCUT2D eigenvalue weighted by Crippen LogP contribution is 2.47. The fraction of sp³-hybridized carbons (Fsp3) is 0.471. The highest BCUT2D eigenvalue weighted by molar-refractivity contribution is 6.30. The smallest absolute Gasteiger partial charge is 0.326 e. The SMILES string of the molecule is N=C1CCCC(C(=O)O)N1C(=O)NCC1(c2ccc(Cl)cc2)CC1. The molecular weight excluding hydrogens is 330 g/mol. The largest absolute Gasteiger partial charge is 0.480 e. The number of carboxylic acid groups (broad SMARTS) is 1. The zero-order valence-corrected chi connectivity index (χ0v) is 14.0. The molecule has 2 fully saturated rings. The molecule has 0 aromatic heterocycles. The van der Waals surface area contributed by atoms with Crippen molar-refractivity contribution in [3.63, 3.8) is 0 Å². The molecule has 1 aromatic carbocycles. The van der Waals surface area contributed by atoms with Crippen LogP contribution >= 0.6 is 11.6 Å². The van der Waals surface area contributed by atoms with Crippen LogP contribution in [0.25, 0.3) is 0 Å². The molecule has 1 atom stereocenters. The monoisotopic (exact) mass is 349 g/mol. The number of carbonyl (C=O) groups excluding carboxylic acids is 1. The van der Waals surface area contributed by atoms with Crippen molar-refractivity contribution in [3.8, 4) is 0 Å². The van der Waals surface area contributed by atoms with Crippen molar-refractivity contribution in [2.24, 2.45) is 0 Å². The first-order valence-electron chi connectivity index (χ1n) is 8.06. The maximum absolute atomic E-state index is 12.5. The summed E-state index contributed by atoms with van der Waals surface area (Å²) in [4.78, 5) is 24.9. The third kappa shape index (κ3) is 3.24. The first-order valence-corrected chi connectivity index (χ1v) is 8.44. The van der Waals surface area contributed by atoms with Gasteiger partial charge >= 0.3 is 12.0 Å². The van der Waals surface area contributed by atoms with Gasteiger partial charge in [-0.05, 0) is 43.4 Å². The first-order chi connectivity index (χ1) is 11.4. The molecule has 128 valence electrons. The van der Waals surface area contributed by atoms with Crippen molar-refractivity contribution < 1.29 is 14.7 Å². The van der Waals surface area contributed by atoms with Crippen LogP contribution in [0.4, 0.5) is 4.79 Å². The van der Waals surface area contributed by atoms with Crippen LogP contribution in [0.5, 0.6) is 0 Å². The number of carboxylic acids is 1. The van der Waals surface area contributed by atoms with Gasteiger partial charge in [-0.1, -0.05) is 23.7 Å². The van der Waals surface area contributed by atoms with E-state index in [1.54, 1.807) is 0 Å². The molecule has 3 N–H and O–H groups in total. The van der Waals surface area contributed by atoms with E-state index in [1.165, 1.54) is 0 Å². The number of amidine groups is 1. The number of piperidine rings is 1. The van der Waals surface area contributed by atoms with E-state index in [1.807, 2.05) is 24.3 Å². The van der Waals surface area contributed by atoms with Crippen LogP contribution < -0.4 is 5.32 Å². The van der Waals surface area contributed by atoms with Crippen LogP contribution in [0.15, 0.2) is 24.3 Å². The first kappa shape index (κ1) is 16.8. The summed E-state index contributed by atoms with van der Waals surface area (Å²) < 4.78 is 0. The molecule has 1 aliphatic heterocycles. The topological polar surface area (TPSA) is 93.5 Å². The van der Waals surface area contributed by atoms with E-state index in [0.29, 0.717) is 30.8 Å². The number of amides is 2. The van der Waals surface area contributed by atoms with Crippen molar-refractivity contribution in [2.45, 2.75) is 43.6 Å². The Morgan fingerprint density at radius 1 is 1.33 bits per heavy atom. The molecular formula is C17H20ClN3O3. The number of hydrogen-bond acceptors (Lipinski definition) is 3. The predicted molar refractivity (Wildman–Crippen MR) is 90.6 cm³/mol. The van der Waals surface area contributed by atoms with Crippen molar-refractivity contribution in [3.05, 3.63) is 34.9 Å². The minimum absolute atomic E-state index is 0.0717. The molecule has 7 heteroatoms. The zero-order chi connectivity index (χ0) is 17.3. The van der Waals surface area contributed by atoms with Crippen LogP contribution in [0.1, 0.15) is 37.7 Å². The average Bonchev–Trinajstić information content (AvgIpc) is 3.34. The maximum atomic E-state index is 12.5. The summed E-state index contributed by atoms with van der Waals surface area (Å²) in [7, 11) is 0. The number of likely N-dealkylation sites (tertiary alicyclic amines) is 1. The van der Waals surface area contributed by atoms with Gasteiger partial charge in [0.25, 0.3) is 0 Å². The number of aliphatic carboxylic acids is 1. The number of nitrogens with one attached hydrogen (secondary N) is 2. The normalized spacial score (nSPS) is 22.1. The van der Waals surface area contributed by atoms with E-state index < -0.39 is 18.0 Å². The second kappa shape index (κ2) is 6.43. The summed E-state index contributed by atoms with van der Waals surface area (Å²) >= 11 is 5.92. The van der Waals surface area contributed by atoms with E-state index in [4.69, 9.17) is 17.0 Å². The number of hydrogen-bond donors (Lipinski definition) is 3. The number of halogens is 1. The highest BCUT2D eigenvalue weighted by atomic mass is 35.5. The van der Waals surface area contributed by atoms with Crippen LogP contribution in [-0.2, 0) is 10.2 Å². The van der Waals surface area contributed by atoms with Gasteiger partial charge in [0, 0.05) is 23.4 Å². The van der Waals surface area contributed by atoms with Crippen molar-refractivity contribution in [1.29, 1.82) is 5.41 Å². The summed E-state index contributed by atoms with van der Waals surface area (Å²) in [6.45, 7) is 0.434. The van der Waals surface area contributed by atoms with Gasteiger partial charge in [-0.3, -0.25) is 10.3 Å². The molecule has 1 saturated heterocycles. The lowest BCUT2D eigenvalue weighted by atomic mass is 9.96. The maximum Gasteiger partial charge on any atom is 0.326 e. The van der Waals surface area contributed by atoms with Gasteiger partial charge in [0.1, 0.15) is 11.9 Å². The minimum Gasteiger partial charge on any atom is -0.480 e. The molecule has 2 amide bonds. The number of rotatable bonds is 4.